The minimum absolute atomic E-state index is 0.0508. The number of nitrogens with zero attached hydrogens (tertiary/aromatic N) is 1. The number of unbranched alkanes of at least 4 members (excludes halogenated alkanes) is 2. The summed E-state index contributed by atoms with van der Waals surface area (Å²) in [7, 11) is 2.04. The number of benzene rings is 1. The molecule has 0 atom stereocenters. The van der Waals surface area contributed by atoms with E-state index in [-0.39, 0.29) is 5.78 Å². The van der Waals surface area contributed by atoms with E-state index in [2.05, 4.69) is 11.8 Å². The monoisotopic (exact) mass is 301 g/mol. The van der Waals surface area contributed by atoms with Gasteiger partial charge in [-0.25, -0.2) is 0 Å². The average molecular weight is 302 g/mol. The first-order valence-corrected chi connectivity index (χ1v) is 7.47. The predicted octanol–water partition coefficient (Wildman–Crippen LogP) is 4.69. The summed E-state index contributed by atoms with van der Waals surface area (Å²) >= 11 is 11.9. The van der Waals surface area contributed by atoms with Gasteiger partial charge in [0.1, 0.15) is 0 Å². The van der Waals surface area contributed by atoms with Gasteiger partial charge in [0.15, 0.2) is 5.78 Å². The van der Waals surface area contributed by atoms with E-state index in [0.717, 1.165) is 13.1 Å². The first kappa shape index (κ1) is 16.5. The van der Waals surface area contributed by atoms with Crippen LogP contribution >= 0.6 is 23.2 Å². The van der Waals surface area contributed by atoms with Crippen LogP contribution in [0.4, 0.5) is 0 Å². The summed E-state index contributed by atoms with van der Waals surface area (Å²) in [5.74, 6) is 0.0508. The highest BCUT2D eigenvalue weighted by Crippen LogP contribution is 2.26. The summed E-state index contributed by atoms with van der Waals surface area (Å²) in [4.78, 5) is 14.3. The lowest BCUT2D eigenvalue weighted by Crippen LogP contribution is -2.23. The maximum atomic E-state index is 12.1. The van der Waals surface area contributed by atoms with Gasteiger partial charge in [0.2, 0.25) is 0 Å². The number of carbonyl (C=O) groups excluding carboxylic acids is 1. The highest BCUT2D eigenvalue weighted by Gasteiger charge is 2.13. The Balaban J connectivity index is 2.45. The van der Waals surface area contributed by atoms with Crippen LogP contribution in [-0.4, -0.2) is 30.8 Å². The van der Waals surface area contributed by atoms with Gasteiger partial charge in [-0.1, -0.05) is 49.0 Å². The van der Waals surface area contributed by atoms with Gasteiger partial charge in [0.25, 0.3) is 0 Å². The van der Waals surface area contributed by atoms with Crippen molar-refractivity contribution in [3.05, 3.63) is 33.8 Å². The van der Waals surface area contributed by atoms with E-state index in [1.807, 2.05) is 7.05 Å². The van der Waals surface area contributed by atoms with Crippen LogP contribution in [0.15, 0.2) is 18.2 Å². The number of halogens is 2. The van der Waals surface area contributed by atoms with Gasteiger partial charge in [0, 0.05) is 18.5 Å². The maximum Gasteiger partial charge on any atom is 0.165 e. The van der Waals surface area contributed by atoms with E-state index in [9.17, 15) is 4.79 Å². The molecule has 106 valence electrons. The quantitative estimate of drug-likeness (QED) is 0.513. The molecule has 0 aromatic heterocycles. The standard InChI is InChI=1S/C15H21Cl2NO/c1-3-4-5-10-18(2)11-9-14(19)12-7-6-8-13(16)15(12)17/h6-8H,3-5,9-11H2,1-2H3. The molecule has 0 aliphatic rings. The number of rotatable bonds is 8. The smallest absolute Gasteiger partial charge is 0.165 e. The Morgan fingerprint density at radius 3 is 2.63 bits per heavy atom. The molecule has 0 aliphatic heterocycles. The molecule has 0 fully saturated rings. The van der Waals surface area contributed by atoms with E-state index in [1.165, 1.54) is 19.3 Å². The minimum atomic E-state index is 0.0508. The predicted molar refractivity (Wildman–Crippen MR) is 82.4 cm³/mol. The molecule has 0 N–H and O–H groups in total. The first-order chi connectivity index (χ1) is 9.06. The molecule has 0 amide bonds. The van der Waals surface area contributed by atoms with Crippen LogP contribution in [0.3, 0.4) is 0 Å². The zero-order valence-electron chi connectivity index (χ0n) is 11.6. The molecular weight excluding hydrogens is 281 g/mol. The second-order valence-corrected chi connectivity index (χ2v) is 5.57. The van der Waals surface area contributed by atoms with Crippen LogP contribution < -0.4 is 0 Å². The Hall–Kier alpha value is -0.570. The Morgan fingerprint density at radius 2 is 1.95 bits per heavy atom. The number of hydrogen-bond donors (Lipinski definition) is 0. The molecule has 0 bridgehead atoms. The first-order valence-electron chi connectivity index (χ1n) is 6.72. The summed E-state index contributed by atoms with van der Waals surface area (Å²) in [6.07, 6.45) is 4.10. The van der Waals surface area contributed by atoms with Crippen LogP contribution in [0.1, 0.15) is 43.0 Å². The van der Waals surface area contributed by atoms with Crippen molar-refractivity contribution >= 4 is 29.0 Å². The number of carbonyl (C=O) groups is 1. The second-order valence-electron chi connectivity index (χ2n) is 4.78. The molecule has 2 nitrogen and oxygen atoms in total. The lowest BCUT2D eigenvalue weighted by atomic mass is 10.1. The van der Waals surface area contributed by atoms with Crippen LogP contribution in [0, 0.1) is 0 Å². The number of hydrogen-bond acceptors (Lipinski definition) is 2. The largest absolute Gasteiger partial charge is 0.306 e. The molecule has 0 spiro atoms. The Labute approximate surface area is 125 Å². The van der Waals surface area contributed by atoms with Gasteiger partial charge in [-0.3, -0.25) is 4.79 Å². The lowest BCUT2D eigenvalue weighted by Gasteiger charge is -2.16. The summed E-state index contributed by atoms with van der Waals surface area (Å²) in [6.45, 7) is 3.97. The molecule has 0 unspecified atom stereocenters. The van der Waals surface area contributed by atoms with E-state index in [4.69, 9.17) is 23.2 Å². The van der Waals surface area contributed by atoms with Crippen LogP contribution in [-0.2, 0) is 0 Å². The van der Waals surface area contributed by atoms with Crippen molar-refractivity contribution in [1.82, 2.24) is 4.90 Å². The van der Waals surface area contributed by atoms with E-state index >= 15 is 0 Å². The Kier molecular flexibility index (Phi) is 7.44. The van der Waals surface area contributed by atoms with E-state index in [1.54, 1.807) is 18.2 Å². The van der Waals surface area contributed by atoms with Crippen LogP contribution in [0.25, 0.3) is 0 Å². The third-order valence-electron chi connectivity index (χ3n) is 3.12. The van der Waals surface area contributed by atoms with Gasteiger partial charge in [-0.2, -0.15) is 0 Å². The van der Waals surface area contributed by atoms with Crippen molar-refractivity contribution in [2.75, 3.05) is 20.1 Å². The second kappa shape index (κ2) is 8.57. The summed E-state index contributed by atoms with van der Waals surface area (Å²) in [6, 6.07) is 5.18. The number of ketones is 1. The molecule has 0 radical (unpaired) electrons. The minimum Gasteiger partial charge on any atom is -0.306 e. The van der Waals surface area contributed by atoms with Gasteiger partial charge >= 0.3 is 0 Å². The fraction of sp³-hybridized carbons (Fsp3) is 0.533. The SMILES string of the molecule is CCCCCN(C)CCC(=O)c1cccc(Cl)c1Cl. The summed E-state index contributed by atoms with van der Waals surface area (Å²) in [5.41, 5.74) is 0.524. The van der Waals surface area contributed by atoms with Crippen molar-refractivity contribution in [1.29, 1.82) is 0 Å². The van der Waals surface area contributed by atoms with Crippen molar-refractivity contribution in [3.8, 4) is 0 Å². The molecule has 1 aromatic carbocycles. The molecule has 0 saturated heterocycles. The van der Waals surface area contributed by atoms with Gasteiger partial charge < -0.3 is 4.90 Å². The Bertz CT molecular complexity index is 421. The molecule has 0 saturated carbocycles. The lowest BCUT2D eigenvalue weighted by molar-refractivity contribution is 0.0969. The molecule has 4 heteroatoms. The molecule has 1 aromatic rings. The van der Waals surface area contributed by atoms with Crippen LogP contribution in [0.2, 0.25) is 10.0 Å². The Morgan fingerprint density at radius 1 is 1.21 bits per heavy atom. The fourth-order valence-corrected chi connectivity index (χ4v) is 2.30. The van der Waals surface area contributed by atoms with Crippen molar-refractivity contribution in [2.45, 2.75) is 32.6 Å². The van der Waals surface area contributed by atoms with Crippen LogP contribution in [0.5, 0.6) is 0 Å². The highest BCUT2D eigenvalue weighted by molar-refractivity contribution is 6.43. The molecule has 1 rings (SSSR count). The molecule has 19 heavy (non-hydrogen) atoms. The third-order valence-corrected chi connectivity index (χ3v) is 3.93. The molecule has 0 heterocycles. The number of Topliss-reactive ketones (excluding diaryl/α,β-unsaturated/α-hetero) is 1. The van der Waals surface area contributed by atoms with Gasteiger partial charge in [-0.15, -0.1) is 0 Å². The van der Waals surface area contributed by atoms with Crippen molar-refractivity contribution in [2.24, 2.45) is 0 Å². The summed E-state index contributed by atoms with van der Waals surface area (Å²) < 4.78 is 0. The fourth-order valence-electron chi connectivity index (χ4n) is 1.89. The maximum absolute atomic E-state index is 12.1. The normalized spacial score (nSPS) is 11.0. The third kappa shape index (κ3) is 5.52. The van der Waals surface area contributed by atoms with Gasteiger partial charge in [0.05, 0.1) is 10.0 Å². The zero-order valence-corrected chi connectivity index (χ0v) is 13.1. The highest BCUT2D eigenvalue weighted by atomic mass is 35.5. The summed E-state index contributed by atoms with van der Waals surface area (Å²) in [5, 5.41) is 0.798. The van der Waals surface area contributed by atoms with E-state index < -0.39 is 0 Å². The van der Waals surface area contributed by atoms with Crippen molar-refractivity contribution in [3.63, 3.8) is 0 Å². The van der Waals surface area contributed by atoms with Crippen molar-refractivity contribution < 1.29 is 4.79 Å². The molecule has 0 aliphatic carbocycles. The van der Waals surface area contributed by atoms with E-state index in [0.29, 0.717) is 22.0 Å². The zero-order chi connectivity index (χ0) is 14.3. The van der Waals surface area contributed by atoms with Gasteiger partial charge in [-0.05, 0) is 32.1 Å². The molecular formula is C15H21Cl2NO. The topological polar surface area (TPSA) is 20.3 Å². The average Bonchev–Trinajstić information content (AvgIpc) is 2.39.